The first-order chi connectivity index (χ1) is 12.5. The van der Waals surface area contributed by atoms with Crippen LogP contribution in [-0.2, 0) is 12.0 Å². The zero-order valence-corrected chi connectivity index (χ0v) is 16.4. The summed E-state index contributed by atoms with van der Waals surface area (Å²) in [4.78, 5) is 0. The molecule has 0 amide bonds. The fourth-order valence-corrected chi connectivity index (χ4v) is 3.38. The standard InChI is InChI=1S/C24H32N2/c1-24(2,3)22-11-9-19(10-12-22)7-8-20-5-4-6-21(17-20)18-26-23-13-15-25-16-14-23/h4-12,17,23,25-26H,13-16,18H2,1-3H3/b8-7-. The molecule has 1 heterocycles. The predicted octanol–water partition coefficient (Wildman–Crippen LogP) is 5.00. The van der Waals surface area contributed by atoms with E-state index in [4.69, 9.17) is 0 Å². The second-order valence-electron chi connectivity index (χ2n) is 8.36. The SMILES string of the molecule is CC(C)(C)c1ccc(/C=C\c2cccc(CNC3CCNCC3)c2)cc1. The van der Waals surface area contributed by atoms with Gasteiger partial charge in [0.15, 0.2) is 0 Å². The summed E-state index contributed by atoms with van der Waals surface area (Å²) in [5, 5.41) is 7.11. The molecule has 0 aromatic heterocycles. The summed E-state index contributed by atoms with van der Waals surface area (Å²) in [5.41, 5.74) is 5.44. The molecule has 1 aliphatic rings. The van der Waals surface area contributed by atoms with E-state index in [0.717, 1.165) is 19.6 Å². The minimum Gasteiger partial charge on any atom is -0.317 e. The summed E-state index contributed by atoms with van der Waals surface area (Å²) in [6.45, 7) is 9.97. The molecule has 2 aromatic rings. The van der Waals surface area contributed by atoms with Gasteiger partial charge in [0.25, 0.3) is 0 Å². The van der Waals surface area contributed by atoms with E-state index in [1.807, 2.05) is 0 Å². The van der Waals surface area contributed by atoms with Crippen LogP contribution in [0.5, 0.6) is 0 Å². The van der Waals surface area contributed by atoms with E-state index < -0.39 is 0 Å². The van der Waals surface area contributed by atoms with E-state index in [-0.39, 0.29) is 5.41 Å². The molecule has 1 fully saturated rings. The Hall–Kier alpha value is -1.90. The number of piperidine rings is 1. The van der Waals surface area contributed by atoms with Gasteiger partial charge in [-0.05, 0) is 53.6 Å². The molecule has 2 aromatic carbocycles. The molecule has 2 N–H and O–H groups in total. The number of benzene rings is 2. The van der Waals surface area contributed by atoms with Crippen molar-refractivity contribution in [2.24, 2.45) is 0 Å². The van der Waals surface area contributed by atoms with Crippen LogP contribution in [-0.4, -0.2) is 19.1 Å². The van der Waals surface area contributed by atoms with Crippen LogP contribution in [0, 0.1) is 0 Å². The Morgan fingerprint density at radius 2 is 1.65 bits per heavy atom. The van der Waals surface area contributed by atoms with E-state index in [1.54, 1.807) is 0 Å². The molecular formula is C24H32N2. The smallest absolute Gasteiger partial charge is 0.0208 e. The maximum absolute atomic E-state index is 3.70. The van der Waals surface area contributed by atoms with Crippen molar-refractivity contribution in [2.45, 2.75) is 51.6 Å². The lowest BCUT2D eigenvalue weighted by molar-refractivity contribution is 0.386. The van der Waals surface area contributed by atoms with Gasteiger partial charge in [-0.3, -0.25) is 0 Å². The summed E-state index contributed by atoms with van der Waals surface area (Å²) in [7, 11) is 0. The van der Waals surface area contributed by atoms with Crippen LogP contribution in [0.15, 0.2) is 48.5 Å². The maximum atomic E-state index is 3.70. The molecule has 2 heteroatoms. The summed E-state index contributed by atoms with van der Waals surface area (Å²) in [5.74, 6) is 0. The van der Waals surface area contributed by atoms with Crippen LogP contribution in [0.3, 0.4) is 0 Å². The number of hydrogen-bond acceptors (Lipinski definition) is 2. The third kappa shape index (κ3) is 5.55. The van der Waals surface area contributed by atoms with Gasteiger partial charge in [-0.15, -0.1) is 0 Å². The zero-order valence-electron chi connectivity index (χ0n) is 16.4. The van der Waals surface area contributed by atoms with Crippen LogP contribution in [0.1, 0.15) is 55.9 Å². The molecule has 26 heavy (non-hydrogen) atoms. The van der Waals surface area contributed by atoms with Gasteiger partial charge in [0.05, 0.1) is 0 Å². The molecule has 2 nitrogen and oxygen atoms in total. The monoisotopic (exact) mass is 348 g/mol. The minimum absolute atomic E-state index is 0.206. The lowest BCUT2D eigenvalue weighted by Gasteiger charge is -2.23. The Morgan fingerprint density at radius 1 is 0.962 bits per heavy atom. The number of rotatable bonds is 5. The van der Waals surface area contributed by atoms with Gasteiger partial charge in [-0.25, -0.2) is 0 Å². The topological polar surface area (TPSA) is 24.1 Å². The second kappa shape index (κ2) is 8.66. The highest BCUT2D eigenvalue weighted by Gasteiger charge is 2.13. The molecule has 0 aliphatic carbocycles. The van der Waals surface area contributed by atoms with Crippen molar-refractivity contribution < 1.29 is 0 Å². The van der Waals surface area contributed by atoms with Crippen molar-refractivity contribution in [3.63, 3.8) is 0 Å². The van der Waals surface area contributed by atoms with Gasteiger partial charge >= 0.3 is 0 Å². The first-order valence-electron chi connectivity index (χ1n) is 9.82. The third-order valence-corrected chi connectivity index (χ3v) is 5.13. The van der Waals surface area contributed by atoms with Crippen LogP contribution in [0.25, 0.3) is 12.2 Å². The summed E-state index contributed by atoms with van der Waals surface area (Å²) in [6.07, 6.45) is 6.86. The average molecular weight is 349 g/mol. The van der Waals surface area contributed by atoms with E-state index in [1.165, 1.54) is 35.1 Å². The highest BCUT2D eigenvalue weighted by atomic mass is 15.0. The fraction of sp³-hybridized carbons (Fsp3) is 0.417. The van der Waals surface area contributed by atoms with Crippen molar-refractivity contribution in [3.8, 4) is 0 Å². The van der Waals surface area contributed by atoms with E-state index >= 15 is 0 Å². The summed E-state index contributed by atoms with van der Waals surface area (Å²) in [6, 6.07) is 18.4. The predicted molar refractivity (Wildman–Crippen MR) is 113 cm³/mol. The molecule has 0 saturated carbocycles. The normalized spacial score (nSPS) is 16.3. The second-order valence-corrected chi connectivity index (χ2v) is 8.36. The molecular weight excluding hydrogens is 316 g/mol. The van der Waals surface area contributed by atoms with E-state index in [9.17, 15) is 0 Å². The zero-order chi connectivity index (χ0) is 18.4. The van der Waals surface area contributed by atoms with Gasteiger partial charge in [0, 0.05) is 12.6 Å². The lowest BCUT2D eigenvalue weighted by atomic mass is 9.87. The molecule has 1 saturated heterocycles. The third-order valence-electron chi connectivity index (χ3n) is 5.13. The Balaban J connectivity index is 1.59. The van der Waals surface area contributed by atoms with Crippen LogP contribution < -0.4 is 10.6 Å². The average Bonchev–Trinajstić information content (AvgIpc) is 2.66. The Morgan fingerprint density at radius 3 is 2.35 bits per heavy atom. The fourth-order valence-electron chi connectivity index (χ4n) is 3.38. The first kappa shape index (κ1) is 18.9. The molecule has 0 bridgehead atoms. The van der Waals surface area contributed by atoms with Crippen molar-refractivity contribution in [1.29, 1.82) is 0 Å². The minimum atomic E-state index is 0.206. The number of hydrogen-bond donors (Lipinski definition) is 2. The maximum Gasteiger partial charge on any atom is 0.0208 e. The van der Waals surface area contributed by atoms with Gasteiger partial charge in [-0.2, -0.15) is 0 Å². The van der Waals surface area contributed by atoms with Crippen molar-refractivity contribution in [2.75, 3.05) is 13.1 Å². The van der Waals surface area contributed by atoms with Gasteiger partial charge < -0.3 is 10.6 Å². The van der Waals surface area contributed by atoms with E-state index in [2.05, 4.69) is 92.1 Å². The molecule has 0 unspecified atom stereocenters. The Labute approximate surface area is 158 Å². The molecule has 3 rings (SSSR count). The van der Waals surface area contributed by atoms with Crippen molar-refractivity contribution in [3.05, 3.63) is 70.8 Å². The molecule has 0 atom stereocenters. The summed E-state index contributed by atoms with van der Waals surface area (Å²) >= 11 is 0. The molecule has 0 radical (unpaired) electrons. The van der Waals surface area contributed by atoms with Crippen LogP contribution >= 0.6 is 0 Å². The van der Waals surface area contributed by atoms with Gasteiger partial charge in [0.1, 0.15) is 0 Å². The Kier molecular flexibility index (Phi) is 6.29. The van der Waals surface area contributed by atoms with Crippen molar-refractivity contribution in [1.82, 2.24) is 10.6 Å². The quantitative estimate of drug-likeness (QED) is 0.743. The molecule has 0 spiro atoms. The first-order valence-corrected chi connectivity index (χ1v) is 9.82. The van der Waals surface area contributed by atoms with E-state index in [0.29, 0.717) is 6.04 Å². The van der Waals surface area contributed by atoms with Gasteiger partial charge in [0.2, 0.25) is 0 Å². The van der Waals surface area contributed by atoms with Crippen LogP contribution in [0.2, 0.25) is 0 Å². The molecule has 1 aliphatic heterocycles. The molecule has 138 valence electrons. The lowest BCUT2D eigenvalue weighted by Crippen LogP contribution is -2.39. The highest BCUT2D eigenvalue weighted by molar-refractivity contribution is 5.70. The summed E-state index contributed by atoms with van der Waals surface area (Å²) < 4.78 is 0. The largest absolute Gasteiger partial charge is 0.317 e. The highest BCUT2D eigenvalue weighted by Crippen LogP contribution is 2.22. The number of nitrogens with one attached hydrogen (secondary N) is 2. The Bertz CT molecular complexity index is 717. The van der Waals surface area contributed by atoms with Gasteiger partial charge in [-0.1, -0.05) is 81.5 Å². The van der Waals surface area contributed by atoms with Crippen LogP contribution in [0.4, 0.5) is 0 Å². The van der Waals surface area contributed by atoms with Crippen molar-refractivity contribution >= 4 is 12.2 Å².